The van der Waals surface area contributed by atoms with Gasteiger partial charge in [-0.1, -0.05) is 0 Å². The van der Waals surface area contributed by atoms with E-state index in [4.69, 9.17) is 4.42 Å². The molecule has 0 radical (unpaired) electrons. The Bertz CT molecular complexity index is 991. The number of aromatic nitrogens is 2. The Kier molecular flexibility index (Phi) is 4.41. The minimum Gasteiger partial charge on any atom is -0.466 e. The molecule has 0 atom stereocenters. The average Bonchev–Trinajstić information content (AvgIpc) is 3.08. The van der Waals surface area contributed by atoms with Gasteiger partial charge in [0, 0.05) is 18.7 Å². The van der Waals surface area contributed by atoms with Gasteiger partial charge in [-0.25, -0.2) is 9.97 Å². The Hall–Kier alpha value is -2.37. The number of furan rings is 1. The number of hydrogen-bond acceptors (Lipinski definition) is 5. The fourth-order valence-corrected chi connectivity index (χ4v) is 7.47. The van der Waals surface area contributed by atoms with Crippen molar-refractivity contribution in [1.29, 1.82) is 0 Å². The molecule has 4 aliphatic carbocycles. The molecule has 0 aromatic carbocycles. The van der Waals surface area contributed by atoms with Crippen LogP contribution < -0.4 is 5.32 Å². The minimum atomic E-state index is 0.0293. The maximum absolute atomic E-state index is 13.0. The summed E-state index contributed by atoms with van der Waals surface area (Å²) >= 11 is 0. The van der Waals surface area contributed by atoms with Crippen LogP contribution in [0, 0.1) is 37.0 Å². The van der Waals surface area contributed by atoms with Crippen LogP contribution in [0.5, 0.6) is 0 Å². The average molecular weight is 421 g/mol. The molecular weight excluding hydrogens is 388 g/mol. The molecule has 4 saturated carbocycles. The summed E-state index contributed by atoms with van der Waals surface area (Å²) in [4.78, 5) is 24.1. The van der Waals surface area contributed by atoms with Gasteiger partial charge in [0.15, 0.2) is 0 Å². The lowest BCUT2D eigenvalue weighted by Crippen LogP contribution is -2.49. The molecule has 2 aromatic rings. The van der Waals surface area contributed by atoms with Crippen LogP contribution in [0.2, 0.25) is 0 Å². The smallest absolute Gasteiger partial charge is 0.257 e. The SMILES string of the molecule is Cc1cc(C(=O)N2CCc3c(ncnc3NCC34CC5CC(CC(C5)C3)C4)C2)c(C)o1. The molecular formula is C25H32N4O2. The summed E-state index contributed by atoms with van der Waals surface area (Å²) in [6.45, 7) is 5.99. The predicted molar refractivity (Wildman–Crippen MR) is 118 cm³/mol. The molecule has 3 heterocycles. The highest BCUT2D eigenvalue weighted by atomic mass is 16.3. The first-order chi connectivity index (χ1) is 15.0. The Morgan fingerprint density at radius 3 is 2.52 bits per heavy atom. The molecule has 7 rings (SSSR count). The van der Waals surface area contributed by atoms with Crippen molar-refractivity contribution in [3.63, 3.8) is 0 Å². The van der Waals surface area contributed by atoms with Crippen LogP contribution in [0.15, 0.2) is 16.8 Å². The van der Waals surface area contributed by atoms with Crippen molar-refractivity contribution in [3.05, 3.63) is 40.7 Å². The van der Waals surface area contributed by atoms with Crippen LogP contribution in [0.1, 0.15) is 71.7 Å². The van der Waals surface area contributed by atoms with Gasteiger partial charge in [0.25, 0.3) is 5.91 Å². The lowest BCUT2D eigenvalue weighted by Gasteiger charge is -2.57. The zero-order valence-corrected chi connectivity index (χ0v) is 18.6. The molecule has 4 bridgehead atoms. The minimum absolute atomic E-state index is 0.0293. The molecule has 1 N–H and O–H groups in total. The van der Waals surface area contributed by atoms with Crippen molar-refractivity contribution in [3.8, 4) is 0 Å². The normalized spacial score (nSPS) is 31.0. The maximum Gasteiger partial charge on any atom is 0.257 e. The number of nitrogens with zero attached hydrogens (tertiary/aromatic N) is 3. The van der Waals surface area contributed by atoms with E-state index < -0.39 is 0 Å². The molecule has 2 aromatic heterocycles. The van der Waals surface area contributed by atoms with Gasteiger partial charge in [-0.3, -0.25) is 4.79 Å². The fraction of sp³-hybridized carbons (Fsp3) is 0.640. The summed E-state index contributed by atoms with van der Waals surface area (Å²) < 4.78 is 5.56. The molecule has 6 heteroatoms. The van der Waals surface area contributed by atoms with Gasteiger partial charge in [-0.15, -0.1) is 0 Å². The van der Waals surface area contributed by atoms with Gasteiger partial charge in [-0.2, -0.15) is 0 Å². The van der Waals surface area contributed by atoms with E-state index in [1.807, 2.05) is 24.8 Å². The van der Waals surface area contributed by atoms with Gasteiger partial charge in [0.05, 0.1) is 17.8 Å². The maximum atomic E-state index is 13.0. The summed E-state index contributed by atoms with van der Waals surface area (Å²) in [6, 6.07) is 1.84. The van der Waals surface area contributed by atoms with E-state index >= 15 is 0 Å². The molecule has 4 fully saturated rings. The van der Waals surface area contributed by atoms with Crippen molar-refractivity contribution in [2.45, 2.75) is 65.3 Å². The second-order valence-electron chi connectivity index (χ2n) is 10.7. The summed E-state index contributed by atoms with van der Waals surface area (Å²) in [5.41, 5.74) is 3.30. The van der Waals surface area contributed by atoms with E-state index in [0.29, 0.717) is 29.8 Å². The first-order valence-electron chi connectivity index (χ1n) is 11.9. The lowest BCUT2D eigenvalue weighted by molar-refractivity contribution is -0.0444. The molecule has 6 nitrogen and oxygen atoms in total. The van der Waals surface area contributed by atoms with Gasteiger partial charge >= 0.3 is 0 Å². The number of carbonyl (C=O) groups excluding carboxylic acids is 1. The van der Waals surface area contributed by atoms with E-state index in [2.05, 4.69) is 15.3 Å². The third-order valence-electron chi connectivity index (χ3n) is 8.36. The van der Waals surface area contributed by atoms with Crippen LogP contribution in [0.25, 0.3) is 0 Å². The highest BCUT2D eigenvalue weighted by Gasteiger charge is 2.50. The largest absolute Gasteiger partial charge is 0.466 e. The molecule has 164 valence electrons. The summed E-state index contributed by atoms with van der Waals surface area (Å²) in [6.07, 6.45) is 11.1. The van der Waals surface area contributed by atoms with E-state index in [1.165, 1.54) is 44.1 Å². The Morgan fingerprint density at radius 2 is 1.87 bits per heavy atom. The third-order valence-corrected chi connectivity index (χ3v) is 8.36. The van der Waals surface area contributed by atoms with Gasteiger partial charge < -0.3 is 14.6 Å². The number of hydrogen-bond donors (Lipinski definition) is 1. The first kappa shape index (κ1) is 19.3. The highest BCUT2D eigenvalue weighted by molar-refractivity contribution is 5.95. The van der Waals surface area contributed by atoms with Crippen LogP contribution in [0.3, 0.4) is 0 Å². The number of aryl methyl sites for hydroxylation is 2. The summed E-state index contributed by atoms with van der Waals surface area (Å²) in [5, 5.41) is 3.75. The van der Waals surface area contributed by atoms with E-state index in [9.17, 15) is 4.79 Å². The molecule has 0 saturated heterocycles. The standard InChI is InChI=1S/C25H32N4O2/c1-15-5-21(16(2)31-15)24(30)29-4-3-20-22(12-29)27-14-28-23(20)26-13-25-9-17-6-18(10-25)8-19(7-17)11-25/h5,14,17-19H,3-4,6-13H2,1-2H3,(H,26,27,28). The van der Waals surface area contributed by atoms with Crippen LogP contribution in [-0.4, -0.2) is 33.9 Å². The fourth-order valence-electron chi connectivity index (χ4n) is 7.47. The number of rotatable bonds is 4. The second kappa shape index (κ2) is 7.07. The quantitative estimate of drug-likeness (QED) is 0.788. The van der Waals surface area contributed by atoms with E-state index in [1.54, 1.807) is 6.33 Å². The summed E-state index contributed by atoms with van der Waals surface area (Å²) in [7, 11) is 0. The van der Waals surface area contributed by atoms with Gasteiger partial charge in [-0.05, 0) is 88.0 Å². The van der Waals surface area contributed by atoms with Crippen molar-refractivity contribution in [1.82, 2.24) is 14.9 Å². The van der Waals surface area contributed by atoms with Crippen molar-refractivity contribution < 1.29 is 9.21 Å². The first-order valence-corrected chi connectivity index (χ1v) is 11.9. The second-order valence-corrected chi connectivity index (χ2v) is 10.7. The Morgan fingerprint density at radius 1 is 1.16 bits per heavy atom. The lowest BCUT2D eigenvalue weighted by atomic mass is 9.49. The number of fused-ring (bicyclic) bond motifs is 1. The zero-order valence-electron chi connectivity index (χ0n) is 18.6. The number of nitrogens with one attached hydrogen (secondary N) is 1. The van der Waals surface area contributed by atoms with Gasteiger partial charge in [0.2, 0.25) is 0 Å². The molecule has 31 heavy (non-hydrogen) atoms. The topological polar surface area (TPSA) is 71.3 Å². The molecule has 0 spiro atoms. The Balaban J connectivity index is 1.17. The van der Waals surface area contributed by atoms with Crippen molar-refractivity contribution >= 4 is 11.7 Å². The molecule has 1 amide bonds. The third kappa shape index (κ3) is 3.35. The van der Waals surface area contributed by atoms with E-state index in [0.717, 1.165) is 48.0 Å². The number of anilines is 1. The predicted octanol–water partition coefficient (Wildman–Crippen LogP) is 4.51. The zero-order chi connectivity index (χ0) is 21.2. The monoisotopic (exact) mass is 420 g/mol. The van der Waals surface area contributed by atoms with Crippen molar-refractivity contribution in [2.75, 3.05) is 18.4 Å². The molecule has 5 aliphatic rings. The number of amides is 1. The molecule has 1 aliphatic heterocycles. The van der Waals surface area contributed by atoms with E-state index in [-0.39, 0.29) is 5.91 Å². The van der Waals surface area contributed by atoms with Crippen LogP contribution in [-0.2, 0) is 13.0 Å². The summed E-state index contributed by atoms with van der Waals surface area (Å²) in [5.74, 6) is 5.36. The van der Waals surface area contributed by atoms with Crippen molar-refractivity contribution in [2.24, 2.45) is 23.2 Å². The highest BCUT2D eigenvalue weighted by Crippen LogP contribution is 2.59. The van der Waals surface area contributed by atoms with Crippen LogP contribution in [0.4, 0.5) is 5.82 Å². The van der Waals surface area contributed by atoms with Gasteiger partial charge in [0.1, 0.15) is 23.7 Å². The molecule has 0 unspecified atom stereocenters. The van der Waals surface area contributed by atoms with Crippen LogP contribution >= 0.6 is 0 Å². The number of carbonyl (C=O) groups is 1. The Labute approximate surface area is 183 Å².